The highest BCUT2D eigenvalue weighted by Gasteiger charge is 2.38. The van der Waals surface area contributed by atoms with Gasteiger partial charge in [0, 0.05) is 24.7 Å². The normalized spacial score (nSPS) is 15.7. The number of hydrogen-bond donors (Lipinski definition) is 1. The van der Waals surface area contributed by atoms with Gasteiger partial charge in [0.2, 0.25) is 5.91 Å². The van der Waals surface area contributed by atoms with Gasteiger partial charge in [0.1, 0.15) is 0 Å². The van der Waals surface area contributed by atoms with Crippen molar-refractivity contribution in [1.82, 2.24) is 19.8 Å². The van der Waals surface area contributed by atoms with E-state index < -0.39 is 29.5 Å². The fraction of sp³-hybridized carbons (Fsp3) is 0.235. The minimum Gasteiger partial charge on any atom is -0.505 e. The van der Waals surface area contributed by atoms with E-state index in [1.165, 1.54) is 23.1 Å². The predicted molar refractivity (Wildman–Crippen MR) is 101 cm³/mol. The number of benzene rings is 1. The van der Waals surface area contributed by atoms with Crippen LogP contribution in [0.25, 0.3) is 5.65 Å². The van der Waals surface area contributed by atoms with Crippen LogP contribution in [0.4, 0.5) is 29.1 Å². The Kier molecular flexibility index (Phi) is 4.76. The number of aromatic nitrogens is 4. The van der Waals surface area contributed by atoms with Crippen LogP contribution in [0.5, 0.6) is 5.75 Å². The largest absolute Gasteiger partial charge is 0.505 e. The summed E-state index contributed by atoms with van der Waals surface area (Å²) in [6.07, 6.45) is -4.39. The number of hydrogen-bond acceptors (Lipinski definition) is 6. The molecule has 1 saturated heterocycles. The number of fused-ring (bicyclic) bond motifs is 1. The molecule has 156 valence electrons. The lowest BCUT2D eigenvalue weighted by molar-refractivity contribution is -0.146. The van der Waals surface area contributed by atoms with Gasteiger partial charge in [-0.3, -0.25) is 4.79 Å². The molecule has 0 saturated carbocycles. The van der Waals surface area contributed by atoms with Gasteiger partial charge in [0.15, 0.2) is 28.1 Å². The minimum absolute atomic E-state index is 0.0469. The average molecular weight is 440 g/mol. The molecule has 4 rings (SSSR count). The van der Waals surface area contributed by atoms with E-state index in [0.717, 1.165) is 17.0 Å². The molecule has 1 amide bonds. The number of phenolic OH excluding ortho intramolecular Hbond substituents is 1. The van der Waals surface area contributed by atoms with Crippen molar-refractivity contribution in [3.05, 3.63) is 42.0 Å². The van der Waals surface area contributed by atoms with Crippen molar-refractivity contribution in [2.45, 2.75) is 19.0 Å². The van der Waals surface area contributed by atoms with Crippen LogP contribution < -0.4 is 9.80 Å². The molecule has 3 aromatic rings. The molecule has 0 spiro atoms. The summed E-state index contributed by atoms with van der Waals surface area (Å²) < 4.78 is 53.8. The first-order valence-electron chi connectivity index (χ1n) is 8.59. The second kappa shape index (κ2) is 7.16. The maximum Gasteiger partial charge on any atom is 0.453 e. The molecular weight excluding hydrogens is 428 g/mol. The molecule has 0 atom stereocenters. The SMILES string of the molecule is O=C1CCCN(c2ccc(O)c(F)c2)C(=S)N1c1ccc2nnc(C(F)(F)F)n2n1. The third-order valence-corrected chi connectivity index (χ3v) is 4.82. The molecule has 0 aliphatic carbocycles. The van der Waals surface area contributed by atoms with Gasteiger partial charge in [-0.05, 0) is 42.9 Å². The Labute approximate surface area is 171 Å². The molecule has 3 heterocycles. The van der Waals surface area contributed by atoms with Gasteiger partial charge in [-0.15, -0.1) is 15.3 Å². The Morgan fingerprint density at radius 3 is 2.60 bits per heavy atom. The minimum atomic E-state index is -4.80. The van der Waals surface area contributed by atoms with Crippen molar-refractivity contribution < 1.29 is 27.5 Å². The molecule has 0 unspecified atom stereocenters. The third kappa shape index (κ3) is 3.40. The maximum atomic E-state index is 13.8. The number of thiocarbonyl (C=S) groups is 1. The second-order valence-electron chi connectivity index (χ2n) is 6.39. The van der Waals surface area contributed by atoms with Crippen molar-refractivity contribution in [3.8, 4) is 5.75 Å². The molecule has 1 aliphatic rings. The average Bonchev–Trinajstić information content (AvgIpc) is 3.05. The van der Waals surface area contributed by atoms with Crippen molar-refractivity contribution in [2.75, 3.05) is 16.3 Å². The Morgan fingerprint density at radius 2 is 1.90 bits per heavy atom. The lowest BCUT2D eigenvalue weighted by Gasteiger charge is -2.29. The number of alkyl halides is 3. The van der Waals surface area contributed by atoms with Crippen LogP contribution in [0, 0.1) is 5.82 Å². The number of rotatable bonds is 2. The molecule has 1 fully saturated rings. The van der Waals surface area contributed by atoms with Crippen molar-refractivity contribution in [1.29, 1.82) is 0 Å². The molecule has 0 bridgehead atoms. The van der Waals surface area contributed by atoms with Gasteiger partial charge in [0.25, 0.3) is 5.82 Å². The van der Waals surface area contributed by atoms with Crippen LogP contribution in [-0.4, -0.2) is 42.5 Å². The zero-order chi connectivity index (χ0) is 21.6. The molecule has 2 aromatic heterocycles. The molecule has 30 heavy (non-hydrogen) atoms. The van der Waals surface area contributed by atoms with Crippen molar-refractivity contribution >= 4 is 40.4 Å². The standard InChI is InChI=1S/C17H12F4N6O2S/c18-10-8-9(3-4-11(10)28)25-7-1-2-14(29)26(16(25)30)13-6-5-12-22-23-15(17(19,20)21)27(12)24-13/h3-6,8,28H,1-2,7H2. The summed E-state index contributed by atoms with van der Waals surface area (Å²) in [4.78, 5) is 15.1. The van der Waals surface area contributed by atoms with E-state index in [4.69, 9.17) is 12.2 Å². The van der Waals surface area contributed by atoms with Gasteiger partial charge < -0.3 is 10.0 Å². The third-order valence-electron chi connectivity index (χ3n) is 4.42. The van der Waals surface area contributed by atoms with Crippen LogP contribution in [0.3, 0.4) is 0 Å². The van der Waals surface area contributed by atoms with Gasteiger partial charge in [-0.2, -0.15) is 17.7 Å². The van der Waals surface area contributed by atoms with Gasteiger partial charge in [0.05, 0.1) is 0 Å². The Bertz CT molecular complexity index is 1160. The van der Waals surface area contributed by atoms with E-state index in [-0.39, 0.29) is 35.2 Å². The van der Waals surface area contributed by atoms with Crippen LogP contribution in [-0.2, 0) is 11.0 Å². The summed E-state index contributed by atoms with van der Waals surface area (Å²) in [5, 5.41) is 19.7. The highest BCUT2D eigenvalue weighted by molar-refractivity contribution is 7.81. The highest BCUT2D eigenvalue weighted by atomic mass is 32.1. The molecule has 8 nitrogen and oxygen atoms in total. The molecule has 1 aliphatic heterocycles. The predicted octanol–water partition coefficient (Wildman–Crippen LogP) is 2.91. The van der Waals surface area contributed by atoms with E-state index in [2.05, 4.69) is 15.3 Å². The van der Waals surface area contributed by atoms with Crippen molar-refractivity contribution in [2.24, 2.45) is 0 Å². The summed E-state index contributed by atoms with van der Waals surface area (Å²) in [5.41, 5.74) is 0.119. The van der Waals surface area contributed by atoms with Crippen molar-refractivity contribution in [3.63, 3.8) is 0 Å². The molecule has 13 heteroatoms. The lowest BCUT2D eigenvalue weighted by atomic mass is 10.2. The van der Waals surface area contributed by atoms with Crippen LogP contribution in [0.15, 0.2) is 30.3 Å². The zero-order valence-electron chi connectivity index (χ0n) is 15.0. The maximum absolute atomic E-state index is 13.8. The first-order valence-corrected chi connectivity index (χ1v) is 9.00. The number of carbonyl (C=O) groups excluding carboxylic acids is 1. The summed E-state index contributed by atoms with van der Waals surface area (Å²) in [6.45, 7) is 0.258. The number of nitrogens with zero attached hydrogens (tertiary/aromatic N) is 6. The highest BCUT2D eigenvalue weighted by Crippen LogP contribution is 2.30. The molecular formula is C17H12F4N6O2S. The van der Waals surface area contributed by atoms with Gasteiger partial charge in [-0.1, -0.05) is 0 Å². The van der Waals surface area contributed by atoms with Gasteiger partial charge in [-0.25, -0.2) is 9.29 Å². The summed E-state index contributed by atoms with van der Waals surface area (Å²) in [7, 11) is 0. The van der Waals surface area contributed by atoms with Gasteiger partial charge >= 0.3 is 6.18 Å². The second-order valence-corrected chi connectivity index (χ2v) is 6.75. The zero-order valence-corrected chi connectivity index (χ0v) is 15.8. The lowest BCUT2D eigenvalue weighted by Crippen LogP contribution is -2.44. The summed E-state index contributed by atoms with van der Waals surface area (Å²) in [5.74, 6) is -3.41. The number of anilines is 2. The topological polar surface area (TPSA) is 86.9 Å². The molecule has 1 aromatic carbocycles. The van der Waals surface area contributed by atoms with Crippen LogP contribution in [0.1, 0.15) is 18.7 Å². The first-order chi connectivity index (χ1) is 14.2. The number of carbonyl (C=O) groups is 1. The Balaban J connectivity index is 1.78. The monoisotopic (exact) mass is 440 g/mol. The fourth-order valence-electron chi connectivity index (χ4n) is 3.03. The summed E-state index contributed by atoms with van der Waals surface area (Å²) in [6, 6.07) is 6.14. The van der Waals surface area contributed by atoms with E-state index in [0.29, 0.717) is 10.9 Å². The number of aromatic hydroxyl groups is 1. The summed E-state index contributed by atoms with van der Waals surface area (Å²) >= 11 is 5.40. The van der Waals surface area contributed by atoms with E-state index in [1.807, 2.05) is 0 Å². The number of halogens is 4. The van der Waals surface area contributed by atoms with E-state index in [1.54, 1.807) is 0 Å². The fourth-order valence-corrected chi connectivity index (χ4v) is 3.42. The molecule has 1 N–H and O–H groups in total. The van der Waals surface area contributed by atoms with E-state index in [9.17, 15) is 27.5 Å². The smallest absolute Gasteiger partial charge is 0.453 e. The number of phenols is 1. The van der Waals surface area contributed by atoms with Crippen LogP contribution >= 0.6 is 12.2 Å². The molecule has 0 radical (unpaired) electrons. The van der Waals surface area contributed by atoms with Crippen LogP contribution in [0.2, 0.25) is 0 Å². The quantitative estimate of drug-likeness (QED) is 0.484. The van der Waals surface area contributed by atoms with E-state index >= 15 is 0 Å². The number of amides is 1. The Morgan fingerprint density at radius 1 is 1.13 bits per heavy atom. The first kappa shape index (κ1) is 19.9. The Hall–Kier alpha value is -3.35.